The molecule has 0 atom stereocenters. The molecule has 0 heterocycles. The van der Waals surface area contributed by atoms with Crippen molar-refractivity contribution >= 4 is 66.4 Å². The fraction of sp³-hybridized carbons (Fsp3) is 0.154. The number of hydrogen-bond acceptors (Lipinski definition) is 2. The minimum absolute atomic E-state index is 0.145. The third kappa shape index (κ3) is 6.36. The zero-order valence-electron chi connectivity index (χ0n) is 46.8. The van der Waals surface area contributed by atoms with Crippen LogP contribution in [-0.2, 0) is 21.7 Å². The molecule has 0 fully saturated rings. The van der Waals surface area contributed by atoms with E-state index >= 15 is 0 Å². The van der Waals surface area contributed by atoms with E-state index in [0.717, 1.165) is 34.1 Å². The van der Waals surface area contributed by atoms with Gasteiger partial charge in [-0.25, -0.2) is 0 Å². The van der Waals surface area contributed by atoms with Gasteiger partial charge in [-0.2, -0.15) is 0 Å². The molecule has 0 aromatic heterocycles. The van der Waals surface area contributed by atoms with Crippen molar-refractivity contribution in [2.45, 2.75) is 77.0 Å². The molecule has 80 heavy (non-hydrogen) atoms. The maximum atomic E-state index is 2.52. The lowest BCUT2D eigenvalue weighted by atomic mass is 9.82. The normalized spacial score (nSPS) is 15.7. The predicted molar refractivity (Wildman–Crippen MR) is 339 cm³/mol. The Kier molecular flexibility index (Phi) is 9.59. The highest BCUT2D eigenvalue weighted by molar-refractivity contribution is 6.26. The molecular formula is C78H62N2. The van der Waals surface area contributed by atoms with E-state index in [2.05, 4.69) is 296 Å². The van der Waals surface area contributed by atoms with Gasteiger partial charge in [0.05, 0.1) is 0 Å². The first-order chi connectivity index (χ1) is 38.7. The molecule has 0 radical (unpaired) electrons. The van der Waals surface area contributed by atoms with Crippen LogP contribution in [0.2, 0.25) is 0 Å². The van der Waals surface area contributed by atoms with E-state index in [4.69, 9.17) is 0 Å². The lowest BCUT2D eigenvalue weighted by Crippen LogP contribution is -2.18. The summed E-state index contributed by atoms with van der Waals surface area (Å²) in [6, 6.07) is 88.2. The molecule has 0 amide bonds. The lowest BCUT2D eigenvalue weighted by Gasteiger charge is -2.30. The van der Waals surface area contributed by atoms with Gasteiger partial charge in [-0.05, 0) is 194 Å². The molecule has 384 valence electrons. The number of benzene rings is 12. The summed E-state index contributed by atoms with van der Waals surface area (Å²) in [4.78, 5) is 5.04. The van der Waals surface area contributed by atoms with Gasteiger partial charge in [0.25, 0.3) is 0 Å². The Labute approximate surface area is 470 Å². The van der Waals surface area contributed by atoms with Gasteiger partial charge in [-0.1, -0.05) is 213 Å². The van der Waals surface area contributed by atoms with Gasteiger partial charge in [0, 0.05) is 55.8 Å². The standard InChI is InChI=1S/C78H62N2/c1-75(2)67-25-15-11-21-57(67)61-37-31-49(43-71(61)75)79(50-32-38-62-58-22-12-16-26-68(58)76(3,4)72(62)44-50)47-29-35-55-56-36-30-48(42-66(56)54-20-10-9-19-53(54)65(55)41-47)80(51-33-39-63-59-23-13-17-27-69(59)77(5,6)73(63)45-51)52-34-40-64-60-24-14-18-28-70(60)78(7,8)74(64)46-52/h9-46H,1-8H3. The maximum Gasteiger partial charge on any atom is 0.0468 e. The number of rotatable bonds is 6. The van der Waals surface area contributed by atoms with E-state index < -0.39 is 0 Å². The highest BCUT2D eigenvalue weighted by Crippen LogP contribution is 2.56. The summed E-state index contributed by atoms with van der Waals surface area (Å²) in [6.07, 6.45) is 0. The summed E-state index contributed by atoms with van der Waals surface area (Å²) in [5.41, 5.74) is 27.9. The molecule has 12 aromatic rings. The minimum atomic E-state index is -0.145. The summed E-state index contributed by atoms with van der Waals surface area (Å²) in [6.45, 7) is 19.1. The molecule has 4 aliphatic rings. The van der Waals surface area contributed by atoms with Gasteiger partial charge in [0.1, 0.15) is 0 Å². The highest BCUT2D eigenvalue weighted by atomic mass is 15.1. The molecule has 12 aromatic carbocycles. The molecule has 0 aliphatic heterocycles. The Morgan fingerprint density at radius 3 is 0.688 bits per heavy atom. The Bertz CT molecular complexity index is 4150. The quantitative estimate of drug-likeness (QED) is 0.153. The largest absolute Gasteiger partial charge is 0.310 e. The molecule has 0 spiro atoms. The Morgan fingerprint density at radius 1 is 0.188 bits per heavy atom. The van der Waals surface area contributed by atoms with E-state index in [9.17, 15) is 0 Å². The molecule has 0 N–H and O–H groups in total. The topological polar surface area (TPSA) is 6.48 Å². The van der Waals surface area contributed by atoms with Crippen molar-refractivity contribution in [3.8, 4) is 44.5 Å². The average molecular weight is 1030 g/mol. The SMILES string of the molecule is CC1(C)c2ccccc2-c2ccc(N(c3ccc4c(c3)C(C)(C)c3ccccc3-4)c3ccc4c5ccc(N(c6ccc7c(c6)C(C)(C)c6ccccc6-7)c6ccc7c(c6)C(C)(C)c6ccccc6-7)cc5c5ccccc5c4c3)cc21. The van der Waals surface area contributed by atoms with Gasteiger partial charge in [0.15, 0.2) is 0 Å². The molecule has 4 aliphatic carbocycles. The van der Waals surface area contributed by atoms with E-state index in [-0.39, 0.29) is 21.7 Å². The first-order valence-electron chi connectivity index (χ1n) is 28.7. The molecule has 0 saturated carbocycles. The van der Waals surface area contributed by atoms with Crippen molar-refractivity contribution in [1.82, 2.24) is 0 Å². The zero-order chi connectivity index (χ0) is 54.2. The molecule has 0 unspecified atom stereocenters. The zero-order valence-corrected chi connectivity index (χ0v) is 46.8. The molecule has 0 saturated heterocycles. The van der Waals surface area contributed by atoms with Gasteiger partial charge in [-0.15, -0.1) is 0 Å². The first-order valence-corrected chi connectivity index (χ1v) is 28.7. The minimum Gasteiger partial charge on any atom is -0.310 e. The van der Waals surface area contributed by atoms with Crippen molar-refractivity contribution in [2.24, 2.45) is 0 Å². The van der Waals surface area contributed by atoms with Crippen molar-refractivity contribution in [3.63, 3.8) is 0 Å². The highest BCUT2D eigenvalue weighted by Gasteiger charge is 2.40. The average Bonchev–Trinajstić information content (AvgIpc) is 4.19. The van der Waals surface area contributed by atoms with Gasteiger partial charge >= 0.3 is 0 Å². The second-order valence-electron chi connectivity index (χ2n) is 25.3. The number of anilines is 6. The van der Waals surface area contributed by atoms with Crippen LogP contribution >= 0.6 is 0 Å². The van der Waals surface area contributed by atoms with Crippen LogP contribution in [-0.4, -0.2) is 0 Å². The van der Waals surface area contributed by atoms with E-state index in [1.165, 1.54) is 121 Å². The fourth-order valence-electron chi connectivity index (χ4n) is 15.4. The van der Waals surface area contributed by atoms with Crippen molar-refractivity contribution in [1.29, 1.82) is 0 Å². The Hall–Kier alpha value is -8.98. The summed E-state index contributed by atoms with van der Waals surface area (Å²) in [5, 5.41) is 7.44. The summed E-state index contributed by atoms with van der Waals surface area (Å²) in [5.74, 6) is 0. The second kappa shape index (κ2) is 16.3. The molecule has 0 bridgehead atoms. The van der Waals surface area contributed by atoms with E-state index in [1.807, 2.05) is 0 Å². The van der Waals surface area contributed by atoms with Crippen LogP contribution in [0.1, 0.15) is 99.9 Å². The number of fused-ring (bicyclic) bond motifs is 18. The van der Waals surface area contributed by atoms with Gasteiger partial charge in [0.2, 0.25) is 0 Å². The van der Waals surface area contributed by atoms with Crippen LogP contribution in [0.4, 0.5) is 34.1 Å². The third-order valence-corrected chi connectivity index (χ3v) is 19.6. The van der Waals surface area contributed by atoms with Gasteiger partial charge < -0.3 is 9.80 Å². The van der Waals surface area contributed by atoms with Crippen LogP contribution < -0.4 is 9.80 Å². The molecular weight excluding hydrogens is 965 g/mol. The summed E-state index contributed by atoms with van der Waals surface area (Å²) >= 11 is 0. The molecule has 2 heteroatoms. The predicted octanol–water partition coefficient (Wildman–Crippen LogP) is 21.3. The van der Waals surface area contributed by atoms with Crippen LogP contribution in [0.15, 0.2) is 231 Å². The van der Waals surface area contributed by atoms with Gasteiger partial charge in [-0.3, -0.25) is 0 Å². The lowest BCUT2D eigenvalue weighted by molar-refractivity contribution is 0.659. The maximum absolute atomic E-state index is 2.52. The Balaban J connectivity index is 0.883. The van der Waals surface area contributed by atoms with E-state index in [0.29, 0.717) is 0 Å². The Morgan fingerprint density at radius 2 is 0.400 bits per heavy atom. The van der Waals surface area contributed by atoms with E-state index in [1.54, 1.807) is 0 Å². The molecule has 2 nitrogen and oxygen atoms in total. The monoisotopic (exact) mass is 1030 g/mol. The van der Waals surface area contributed by atoms with Crippen LogP contribution in [0, 0.1) is 0 Å². The van der Waals surface area contributed by atoms with Crippen LogP contribution in [0.25, 0.3) is 76.8 Å². The second-order valence-corrected chi connectivity index (χ2v) is 25.3. The smallest absolute Gasteiger partial charge is 0.0468 e. The van der Waals surface area contributed by atoms with Crippen LogP contribution in [0.5, 0.6) is 0 Å². The summed E-state index contributed by atoms with van der Waals surface area (Å²) < 4.78 is 0. The fourth-order valence-corrected chi connectivity index (χ4v) is 15.4. The third-order valence-electron chi connectivity index (χ3n) is 19.6. The van der Waals surface area contributed by atoms with Crippen molar-refractivity contribution in [3.05, 3.63) is 275 Å². The molecule has 16 rings (SSSR count). The van der Waals surface area contributed by atoms with Crippen molar-refractivity contribution < 1.29 is 0 Å². The van der Waals surface area contributed by atoms with Crippen molar-refractivity contribution in [2.75, 3.05) is 9.80 Å². The summed E-state index contributed by atoms with van der Waals surface area (Å²) in [7, 11) is 0. The number of hydrogen-bond donors (Lipinski definition) is 0. The number of nitrogens with zero attached hydrogens (tertiary/aromatic N) is 2. The van der Waals surface area contributed by atoms with Crippen LogP contribution in [0.3, 0.4) is 0 Å². The first kappa shape index (κ1) is 47.1.